The first-order chi connectivity index (χ1) is 12.2. The number of amides is 2. The Morgan fingerprint density at radius 3 is 2.60 bits per heavy atom. The van der Waals surface area contributed by atoms with Crippen LogP contribution in [0.25, 0.3) is 0 Å². The van der Waals surface area contributed by atoms with Crippen LogP contribution in [-0.4, -0.2) is 85.0 Å². The van der Waals surface area contributed by atoms with Crippen molar-refractivity contribution >= 4 is 11.8 Å². The molecule has 0 radical (unpaired) electrons. The number of hydrogen-bond acceptors (Lipinski definition) is 4. The third-order valence-corrected chi connectivity index (χ3v) is 6.04. The molecule has 0 N–H and O–H groups in total. The lowest BCUT2D eigenvalue weighted by Gasteiger charge is -2.38. The fourth-order valence-electron chi connectivity index (χ4n) is 4.41. The number of likely N-dealkylation sites (N-methyl/N-ethyl adjacent to an activating group) is 1. The smallest absolute Gasteiger partial charge is 0.227 e. The van der Waals surface area contributed by atoms with Gasteiger partial charge < -0.3 is 14.5 Å². The van der Waals surface area contributed by atoms with Crippen molar-refractivity contribution in [3.63, 3.8) is 0 Å². The van der Waals surface area contributed by atoms with Crippen molar-refractivity contribution in [1.29, 1.82) is 0 Å². The van der Waals surface area contributed by atoms with Gasteiger partial charge in [0.05, 0.1) is 19.1 Å². The average molecular weight is 351 g/mol. The zero-order valence-electron chi connectivity index (χ0n) is 15.6. The van der Waals surface area contributed by atoms with Gasteiger partial charge in [0.15, 0.2) is 0 Å². The minimum Gasteiger partial charge on any atom is -0.379 e. The van der Waals surface area contributed by atoms with E-state index in [1.54, 1.807) is 0 Å². The molecule has 2 aliphatic heterocycles. The summed E-state index contributed by atoms with van der Waals surface area (Å²) in [5, 5.41) is 0. The van der Waals surface area contributed by atoms with Gasteiger partial charge in [-0.25, -0.2) is 0 Å². The second kappa shape index (κ2) is 8.99. The third kappa shape index (κ3) is 4.73. The highest BCUT2D eigenvalue weighted by molar-refractivity contribution is 5.84. The fourth-order valence-corrected chi connectivity index (χ4v) is 4.41. The van der Waals surface area contributed by atoms with Crippen LogP contribution in [0.1, 0.15) is 45.4 Å². The maximum atomic E-state index is 13.0. The topological polar surface area (TPSA) is 53.1 Å². The van der Waals surface area contributed by atoms with Crippen molar-refractivity contribution < 1.29 is 14.3 Å². The molecular formula is C19H33N3O3. The van der Waals surface area contributed by atoms with Crippen LogP contribution in [0.3, 0.4) is 0 Å². The van der Waals surface area contributed by atoms with Crippen molar-refractivity contribution in [2.24, 2.45) is 5.92 Å². The number of carbonyl (C=O) groups excluding carboxylic acids is 2. The average Bonchev–Trinajstić information content (AvgIpc) is 3.18. The third-order valence-electron chi connectivity index (χ3n) is 6.04. The molecule has 0 aromatic carbocycles. The first-order valence-corrected chi connectivity index (χ1v) is 10.1. The molecule has 6 heteroatoms. The summed E-state index contributed by atoms with van der Waals surface area (Å²) in [4.78, 5) is 31.7. The Morgan fingerprint density at radius 2 is 1.92 bits per heavy atom. The summed E-state index contributed by atoms with van der Waals surface area (Å²) in [6, 6.07) is 0.381. The molecule has 2 heterocycles. The molecule has 0 unspecified atom stereocenters. The Morgan fingerprint density at radius 1 is 1.20 bits per heavy atom. The van der Waals surface area contributed by atoms with Gasteiger partial charge in [0.2, 0.25) is 11.8 Å². The van der Waals surface area contributed by atoms with Gasteiger partial charge >= 0.3 is 0 Å². The fraction of sp³-hybridized carbons (Fsp3) is 0.895. The number of likely N-dealkylation sites (tertiary alicyclic amines) is 1. The highest BCUT2D eigenvalue weighted by atomic mass is 16.5. The van der Waals surface area contributed by atoms with Crippen molar-refractivity contribution in [1.82, 2.24) is 14.7 Å². The van der Waals surface area contributed by atoms with E-state index in [4.69, 9.17) is 4.74 Å². The van der Waals surface area contributed by atoms with E-state index in [9.17, 15) is 9.59 Å². The van der Waals surface area contributed by atoms with Crippen LogP contribution in [0.5, 0.6) is 0 Å². The normalized spacial score (nSPS) is 26.2. The van der Waals surface area contributed by atoms with Crippen LogP contribution in [0, 0.1) is 5.92 Å². The number of morpholine rings is 1. The number of carbonyl (C=O) groups is 2. The molecular weight excluding hydrogens is 318 g/mol. The van der Waals surface area contributed by atoms with E-state index in [2.05, 4.69) is 11.8 Å². The van der Waals surface area contributed by atoms with Crippen LogP contribution in [0.15, 0.2) is 0 Å². The van der Waals surface area contributed by atoms with E-state index in [-0.39, 0.29) is 17.7 Å². The standard InChI is InChI=1S/C19H33N3O3/c1-2-21(10-9-20-11-13-25-14-12-20)19(24)16-7-8-18(23)22(15-16)17-5-3-4-6-17/h16-17H,2-15H2,1H3/t16-/m0/s1. The Hall–Kier alpha value is -1.14. The molecule has 1 aliphatic carbocycles. The van der Waals surface area contributed by atoms with Crippen molar-refractivity contribution in [3.8, 4) is 0 Å². The molecule has 0 bridgehead atoms. The van der Waals surface area contributed by atoms with Gasteiger partial charge in [-0.05, 0) is 26.2 Å². The lowest BCUT2D eigenvalue weighted by molar-refractivity contribution is -0.144. The highest BCUT2D eigenvalue weighted by Crippen LogP contribution is 2.29. The number of rotatable bonds is 6. The number of nitrogens with zero attached hydrogens (tertiary/aromatic N) is 3. The summed E-state index contributed by atoms with van der Waals surface area (Å²) in [5.41, 5.74) is 0. The molecule has 3 fully saturated rings. The lowest BCUT2D eigenvalue weighted by atomic mass is 9.94. The maximum absolute atomic E-state index is 13.0. The molecule has 0 aromatic heterocycles. The van der Waals surface area contributed by atoms with Gasteiger partial charge in [-0.2, -0.15) is 0 Å². The Bertz CT molecular complexity index is 459. The van der Waals surface area contributed by atoms with Crippen LogP contribution >= 0.6 is 0 Å². The molecule has 25 heavy (non-hydrogen) atoms. The molecule has 2 amide bonds. The van der Waals surface area contributed by atoms with Crippen LogP contribution in [0.4, 0.5) is 0 Å². The quantitative estimate of drug-likeness (QED) is 0.725. The van der Waals surface area contributed by atoms with Gasteiger partial charge in [-0.3, -0.25) is 14.5 Å². The first-order valence-electron chi connectivity index (χ1n) is 10.1. The van der Waals surface area contributed by atoms with Crippen LogP contribution in [0.2, 0.25) is 0 Å². The second-order valence-corrected chi connectivity index (χ2v) is 7.59. The van der Waals surface area contributed by atoms with E-state index in [0.29, 0.717) is 19.0 Å². The molecule has 3 rings (SSSR count). The summed E-state index contributed by atoms with van der Waals surface area (Å²) >= 11 is 0. The van der Waals surface area contributed by atoms with Crippen molar-refractivity contribution in [2.45, 2.75) is 51.5 Å². The zero-order chi connectivity index (χ0) is 17.6. The zero-order valence-corrected chi connectivity index (χ0v) is 15.6. The molecule has 142 valence electrons. The number of ether oxygens (including phenoxy) is 1. The molecule has 0 aromatic rings. The predicted octanol–water partition coefficient (Wildman–Crippen LogP) is 1.35. The van der Waals surface area contributed by atoms with Crippen molar-refractivity contribution in [2.75, 3.05) is 52.5 Å². The second-order valence-electron chi connectivity index (χ2n) is 7.59. The first kappa shape index (κ1) is 18.6. The van der Waals surface area contributed by atoms with E-state index in [1.807, 2.05) is 9.80 Å². The van der Waals surface area contributed by atoms with Gasteiger partial charge in [0, 0.05) is 51.7 Å². The van der Waals surface area contributed by atoms with E-state index < -0.39 is 0 Å². The Balaban J connectivity index is 1.53. The summed E-state index contributed by atoms with van der Waals surface area (Å²) < 4.78 is 5.39. The number of piperidine rings is 1. The summed E-state index contributed by atoms with van der Waals surface area (Å²) in [6.45, 7) is 8.64. The van der Waals surface area contributed by atoms with Crippen LogP contribution in [-0.2, 0) is 14.3 Å². The molecule has 2 saturated heterocycles. The monoisotopic (exact) mass is 351 g/mol. The largest absolute Gasteiger partial charge is 0.379 e. The van der Waals surface area contributed by atoms with Crippen LogP contribution < -0.4 is 0 Å². The van der Waals surface area contributed by atoms with Gasteiger partial charge in [0.1, 0.15) is 0 Å². The highest BCUT2D eigenvalue weighted by Gasteiger charge is 2.36. The molecule has 6 nitrogen and oxygen atoms in total. The summed E-state index contributed by atoms with van der Waals surface area (Å²) in [6.07, 6.45) is 5.91. The minimum atomic E-state index is -0.0112. The van der Waals surface area contributed by atoms with E-state index in [0.717, 1.165) is 65.2 Å². The van der Waals surface area contributed by atoms with Crippen molar-refractivity contribution in [3.05, 3.63) is 0 Å². The maximum Gasteiger partial charge on any atom is 0.227 e. The molecule has 1 atom stereocenters. The molecule has 1 saturated carbocycles. The predicted molar refractivity (Wildman–Crippen MR) is 96.2 cm³/mol. The Kier molecular flexibility index (Phi) is 6.70. The molecule has 3 aliphatic rings. The lowest BCUT2D eigenvalue weighted by Crippen LogP contribution is -2.51. The van der Waals surface area contributed by atoms with Gasteiger partial charge in [-0.15, -0.1) is 0 Å². The Labute approximate surface area is 151 Å². The van der Waals surface area contributed by atoms with Gasteiger partial charge in [0.25, 0.3) is 0 Å². The number of hydrogen-bond donors (Lipinski definition) is 0. The summed E-state index contributed by atoms with van der Waals surface area (Å²) in [5.74, 6) is 0.488. The van der Waals surface area contributed by atoms with E-state index in [1.165, 1.54) is 12.8 Å². The molecule has 0 spiro atoms. The summed E-state index contributed by atoms with van der Waals surface area (Å²) in [7, 11) is 0. The minimum absolute atomic E-state index is 0.0112. The SMILES string of the molecule is CCN(CCN1CCOCC1)C(=O)[C@H]1CCC(=O)N(C2CCCC2)C1. The van der Waals surface area contributed by atoms with Gasteiger partial charge in [-0.1, -0.05) is 12.8 Å². The van der Waals surface area contributed by atoms with E-state index >= 15 is 0 Å².